The number of fused-ring (bicyclic) bond motifs is 1. The van der Waals surface area contributed by atoms with Crippen LogP contribution in [-0.2, 0) is 4.79 Å². The summed E-state index contributed by atoms with van der Waals surface area (Å²) in [5.41, 5.74) is 2.88. The van der Waals surface area contributed by atoms with E-state index in [0.29, 0.717) is 5.92 Å². The maximum atomic E-state index is 10.8. The Morgan fingerprint density at radius 3 is 3.17 bits per heavy atom. The molecule has 4 nitrogen and oxygen atoms in total. The molecule has 2 aliphatic rings. The van der Waals surface area contributed by atoms with Crippen molar-refractivity contribution < 1.29 is 9.90 Å². The number of nitrogens with one attached hydrogen (secondary N) is 1. The molecule has 66 valence electrons. The fraction of sp³-hybridized carbons (Fsp3) is 0.750. The van der Waals surface area contributed by atoms with Crippen molar-refractivity contribution in [2.45, 2.75) is 25.3 Å². The van der Waals surface area contributed by atoms with E-state index in [1.165, 1.54) is 0 Å². The maximum absolute atomic E-state index is 10.8. The molecule has 1 heterocycles. The second kappa shape index (κ2) is 2.77. The summed E-state index contributed by atoms with van der Waals surface area (Å²) in [6, 6.07) is 0.0521. The summed E-state index contributed by atoms with van der Waals surface area (Å²) in [4.78, 5) is 10.8. The Kier molecular flexibility index (Phi) is 1.75. The Bertz CT molecular complexity index is 227. The highest BCUT2D eigenvalue weighted by molar-refractivity contribution is 5.74. The third-order valence-electron chi connectivity index (χ3n) is 2.75. The molecule has 2 rings (SSSR count). The van der Waals surface area contributed by atoms with Crippen LogP contribution in [0.5, 0.6) is 0 Å². The molecule has 0 saturated heterocycles. The van der Waals surface area contributed by atoms with Crippen LogP contribution >= 0.6 is 0 Å². The molecule has 0 aromatic rings. The standard InChI is InChI=1S/C8H12N2O2/c11-8(12)6-3-1-2-5-4-9-10-7(5)6/h4-7,10H,1-3H2,(H,11,12). The van der Waals surface area contributed by atoms with E-state index < -0.39 is 5.97 Å². The molecular weight excluding hydrogens is 156 g/mol. The zero-order chi connectivity index (χ0) is 8.55. The van der Waals surface area contributed by atoms with Crippen LogP contribution in [0.2, 0.25) is 0 Å². The number of carboxylic acid groups (broad SMARTS) is 1. The minimum atomic E-state index is -0.692. The number of carbonyl (C=O) groups is 1. The highest BCUT2D eigenvalue weighted by Crippen LogP contribution is 2.30. The lowest BCUT2D eigenvalue weighted by molar-refractivity contribution is -0.144. The summed E-state index contributed by atoms with van der Waals surface area (Å²) in [5, 5.41) is 12.8. The molecule has 1 fully saturated rings. The van der Waals surface area contributed by atoms with E-state index >= 15 is 0 Å². The Balaban J connectivity index is 2.11. The predicted octanol–water partition coefficient (Wildman–Crippen LogP) is 0.445. The van der Waals surface area contributed by atoms with Crippen LogP contribution in [0.4, 0.5) is 0 Å². The third kappa shape index (κ3) is 1.07. The van der Waals surface area contributed by atoms with E-state index in [0.717, 1.165) is 19.3 Å². The van der Waals surface area contributed by atoms with Gasteiger partial charge < -0.3 is 10.5 Å². The monoisotopic (exact) mass is 168 g/mol. The largest absolute Gasteiger partial charge is 0.481 e. The summed E-state index contributed by atoms with van der Waals surface area (Å²) in [6.45, 7) is 0. The van der Waals surface area contributed by atoms with Crippen molar-refractivity contribution in [3.8, 4) is 0 Å². The van der Waals surface area contributed by atoms with Crippen LogP contribution in [0.3, 0.4) is 0 Å². The Morgan fingerprint density at radius 2 is 2.42 bits per heavy atom. The molecule has 0 aromatic heterocycles. The molecule has 4 heteroatoms. The summed E-state index contributed by atoms with van der Waals surface area (Å²) < 4.78 is 0. The first kappa shape index (κ1) is 7.58. The maximum Gasteiger partial charge on any atom is 0.308 e. The molecule has 3 atom stereocenters. The van der Waals surface area contributed by atoms with E-state index in [1.54, 1.807) is 0 Å². The number of rotatable bonds is 1. The zero-order valence-corrected chi connectivity index (χ0v) is 6.73. The second-order valence-electron chi connectivity index (χ2n) is 3.47. The van der Waals surface area contributed by atoms with Crippen molar-refractivity contribution in [3.05, 3.63) is 0 Å². The van der Waals surface area contributed by atoms with Crippen molar-refractivity contribution in [2.75, 3.05) is 0 Å². The second-order valence-corrected chi connectivity index (χ2v) is 3.47. The van der Waals surface area contributed by atoms with Gasteiger partial charge in [-0.15, -0.1) is 0 Å². The SMILES string of the molecule is O=C(O)C1CCCC2C=NNC21. The summed E-state index contributed by atoms with van der Waals surface area (Å²) in [7, 11) is 0. The zero-order valence-electron chi connectivity index (χ0n) is 6.73. The molecule has 12 heavy (non-hydrogen) atoms. The number of carboxylic acids is 1. The van der Waals surface area contributed by atoms with Crippen LogP contribution in [0, 0.1) is 11.8 Å². The van der Waals surface area contributed by atoms with Gasteiger partial charge in [0.15, 0.2) is 0 Å². The van der Waals surface area contributed by atoms with Gasteiger partial charge in [0.2, 0.25) is 0 Å². The predicted molar refractivity (Wildman–Crippen MR) is 43.9 cm³/mol. The molecule has 2 N–H and O–H groups in total. The average molecular weight is 168 g/mol. The van der Waals surface area contributed by atoms with E-state index in [1.807, 2.05) is 6.21 Å². The van der Waals surface area contributed by atoms with E-state index in [4.69, 9.17) is 5.11 Å². The highest BCUT2D eigenvalue weighted by Gasteiger charge is 2.38. The van der Waals surface area contributed by atoms with Crippen molar-refractivity contribution in [1.82, 2.24) is 5.43 Å². The fourth-order valence-corrected chi connectivity index (χ4v) is 2.09. The molecule has 1 aliphatic heterocycles. The summed E-state index contributed by atoms with van der Waals surface area (Å²) in [6.07, 6.45) is 4.71. The van der Waals surface area contributed by atoms with Crippen molar-refractivity contribution in [2.24, 2.45) is 16.9 Å². The number of nitrogens with zero attached hydrogens (tertiary/aromatic N) is 1. The van der Waals surface area contributed by atoms with Gasteiger partial charge in [0.05, 0.1) is 12.0 Å². The lowest BCUT2D eigenvalue weighted by Gasteiger charge is -2.29. The fourth-order valence-electron chi connectivity index (χ4n) is 2.09. The number of aliphatic carboxylic acids is 1. The van der Waals surface area contributed by atoms with Crippen molar-refractivity contribution >= 4 is 12.2 Å². The van der Waals surface area contributed by atoms with Gasteiger partial charge in [0, 0.05) is 12.1 Å². The van der Waals surface area contributed by atoms with E-state index in [-0.39, 0.29) is 12.0 Å². The summed E-state index contributed by atoms with van der Waals surface area (Å²) in [5.74, 6) is -0.589. The topological polar surface area (TPSA) is 61.7 Å². The molecule has 0 spiro atoms. The average Bonchev–Trinajstić information content (AvgIpc) is 2.49. The Morgan fingerprint density at radius 1 is 1.58 bits per heavy atom. The van der Waals surface area contributed by atoms with Crippen molar-refractivity contribution in [3.63, 3.8) is 0 Å². The van der Waals surface area contributed by atoms with Gasteiger partial charge in [0.25, 0.3) is 0 Å². The van der Waals surface area contributed by atoms with Crippen LogP contribution in [0.25, 0.3) is 0 Å². The molecule has 0 aromatic carbocycles. The van der Waals surface area contributed by atoms with Gasteiger partial charge >= 0.3 is 5.97 Å². The first-order chi connectivity index (χ1) is 5.79. The lowest BCUT2D eigenvalue weighted by Crippen LogP contribution is -2.42. The number of hydrogen-bond donors (Lipinski definition) is 2. The Labute approximate surface area is 70.7 Å². The van der Waals surface area contributed by atoms with Crippen molar-refractivity contribution in [1.29, 1.82) is 0 Å². The molecule has 0 amide bonds. The molecule has 0 bridgehead atoms. The number of hydrazone groups is 1. The van der Waals surface area contributed by atoms with Gasteiger partial charge in [-0.25, -0.2) is 0 Å². The van der Waals surface area contributed by atoms with E-state index in [9.17, 15) is 4.79 Å². The first-order valence-corrected chi connectivity index (χ1v) is 4.30. The molecule has 1 aliphatic carbocycles. The van der Waals surface area contributed by atoms with Gasteiger partial charge in [0.1, 0.15) is 0 Å². The minimum absolute atomic E-state index is 0.0521. The molecule has 0 radical (unpaired) electrons. The van der Waals surface area contributed by atoms with Crippen LogP contribution < -0.4 is 5.43 Å². The van der Waals surface area contributed by atoms with E-state index in [2.05, 4.69) is 10.5 Å². The van der Waals surface area contributed by atoms with Crippen LogP contribution in [0.15, 0.2) is 5.10 Å². The third-order valence-corrected chi connectivity index (χ3v) is 2.75. The van der Waals surface area contributed by atoms with Gasteiger partial charge in [-0.2, -0.15) is 5.10 Å². The highest BCUT2D eigenvalue weighted by atomic mass is 16.4. The van der Waals surface area contributed by atoms with Crippen LogP contribution in [0.1, 0.15) is 19.3 Å². The number of hydrogen-bond acceptors (Lipinski definition) is 3. The van der Waals surface area contributed by atoms with Gasteiger partial charge in [-0.05, 0) is 12.8 Å². The smallest absolute Gasteiger partial charge is 0.308 e. The quantitative estimate of drug-likeness (QED) is 0.597. The first-order valence-electron chi connectivity index (χ1n) is 4.30. The van der Waals surface area contributed by atoms with Gasteiger partial charge in [-0.3, -0.25) is 4.79 Å². The van der Waals surface area contributed by atoms with Gasteiger partial charge in [-0.1, -0.05) is 6.42 Å². The molecule has 3 unspecified atom stereocenters. The van der Waals surface area contributed by atoms with Crippen LogP contribution in [-0.4, -0.2) is 23.3 Å². The lowest BCUT2D eigenvalue weighted by atomic mass is 9.78. The Hall–Kier alpha value is -1.06. The molecule has 1 saturated carbocycles. The summed E-state index contributed by atoms with van der Waals surface area (Å²) >= 11 is 0. The minimum Gasteiger partial charge on any atom is -0.481 e. The normalized spacial score (nSPS) is 38.8. The molecular formula is C8H12N2O2.